The lowest BCUT2D eigenvalue weighted by Crippen LogP contribution is -2.51. The van der Waals surface area contributed by atoms with Gasteiger partial charge in [0.25, 0.3) is 0 Å². The number of benzene rings is 1. The second kappa shape index (κ2) is 8.67. The summed E-state index contributed by atoms with van der Waals surface area (Å²) < 4.78 is 6.02. The topological polar surface area (TPSA) is 41.6 Å². The van der Waals surface area contributed by atoms with Crippen LogP contribution in [0.5, 0.6) is 0 Å². The van der Waals surface area contributed by atoms with Crippen LogP contribution in [0.25, 0.3) is 0 Å². The molecule has 1 aliphatic heterocycles. The van der Waals surface area contributed by atoms with Crippen LogP contribution in [0.4, 0.5) is 0 Å². The van der Waals surface area contributed by atoms with Crippen molar-refractivity contribution in [3.8, 4) is 0 Å². The summed E-state index contributed by atoms with van der Waals surface area (Å²) in [6.45, 7) is 10.2. The van der Waals surface area contributed by atoms with Crippen LogP contribution in [0.1, 0.15) is 36.6 Å². The van der Waals surface area contributed by atoms with Gasteiger partial charge in [0.2, 0.25) is 5.91 Å². The highest BCUT2D eigenvalue weighted by Crippen LogP contribution is 2.28. The minimum Gasteiger partial charge on any atom is -0.370 e. The van der Waals surface area contributed by atoms with Crippen LogP contribution in [0, 0.1) is 19.8 Å². The Morgan fingerprint density at radius 1 is 1.43 bits per heavy atom. The first kappa shape index (κ1) is 19.9. The minimum atomic E-state index is -0.0261. The number of ether oxygens (including phenoxy) is 1. The fraction of sp³-hybridized carbons (Fsp3) is 0.611. The second-order valence-electron chi connectivity index (χ2n) is 6.48. The van der Waals surface area contributed by atoms with Gasteiger partial charge < -0.3 is 15.0 Å². The molecule has 1 fully saturated rings. The largest absolute Gasteiger partial charge is 0.370 e. The summed E-state index contributed by atoms with van der Waals surface area (Å²) in [6, 6.07) is 6.55. The SMILES string of the molecule is CNCC(C)C(=O)N1CC(c2cc(C)ccc2C)OCC1C.Cl. The van der Waals surface area contributed by atoms with Crippen molar-refractivity contribution < 1.29 is 9.53 Å². The number of carbonyl (C=O) groups excluding carboxylic acids is 1. The fourth-order valence-corrected chi connectivity index (χ4v) is 3.04. The standard InChI is InChI=1S/C18H28N2O2.ClH/c1-12-6-7-13(2)16(8-12)17-10-20(15(4)11-22-17)18(21)14(3)9-19-5;/h6-8,14-15,17,19H,9-11H2,1-5H3;1H. The zero-order valence-corrected chi connectivity index (χ0v) is 15.6. The van der Waals surface area contributed by atoms with E-state index in [0.717, 1.165) is 0 Å². The summed E-state index contributed by atoms with van der Waals surface area (Å²) >= 11 is 0. The summed E-state index contributed by atoms with van der Waals surface area (Å²) in [5, 5.41) is 3.08. The number of aryl methyl sites for hydroxylation is 2. The molecule has 23 heavy (non-hydrogen) atoms. The molecular formula is C18H29ClN2O2. The molecule has 0 saturated carbocycles. The molecule has 0 aliphatic carbocycles. The van der Waals surface area contributed by atoms with Crippen molar-refractivity contribution in [1.82, 2.24) is 10.2 Å². The lowest BCUT2D eigenvalue weighted by atomic mass is 9.98. The fourth-order valence-electron chi connectivity index (χ4n) is 3.04. The molecule has 1 aromatic rings. The Bertz CT molecular complexity index is 536. The van der Waals surface area contributed by atoms with E-state index in [4.69, 9.17) is 4.74 Å². The molecule has 5 heteroatoms. The number of hydrogen-bond acceptors (Lipinski definition) is 3. The van der Waals surface area contributed by atoms with Gasteiger partial charge in [-0.05, 0) is 38.9 Å². The number of carbonyl (C=O) groups is 1. The Hall–Kier alpha value is -1.10. The number of nitrogens with zero attached hydrogens (tertiary/aromatic N) is 1. The van der Waals surface area contributed by atoms with E-state index in [9.17, 15) is 4.79 Å². The normalized spacial score (nSPS) is 22.4. The van der Waals surface area contributed by atoms with Gasteiger partial charge in [0.1, 0.15) is 6.10 Å². The molecule has 2 rings (SSSR count). The molecule has 1 heterocycles. The van der Waals surface area contributed by atoms with Gasteiger partial charge in [-0.2, -0.15) is 0 Å². The van der Waals surface area contributed by atoms with Crippen molar-refractivity contribution in [1.29, 1.82) is 0 Å². The van der Waals surface area contributed by atoms with Gasteiger partial charge >= 0.3 is 0 Å². The molecule has 0 aromatic heterocycles. The molecule has 1 N–H and O–H groups in total. The third-order valence-electron chi connectivity index (χ3n) is 4.43. The first-order valence-corrected chi connectivity index (χ1v) is 8.07. The molecule has 0 radical (unpaired) electrons. The number of hydrogen-bond donors (Lipinski definition) is 1. The van der Waals surface area contributed by atoms with E-state index in [1.807, 2.05) is 18.9 Å². The Balaban J connectivity index is 0.00000264. The van der Waals surface area contributed by atoms with Gasteiger partial charge in [0.15, 0.2) is 0 Å². The van der Waals surface area contributed by atoms with Crippen molar-refractivity contribution in [3.63, 3.8) is 0 Å². The van der Waals surface area contributed by atoms with E-state index in [1.54, 1.807) is 0 Å². The highest BCUT2D eigenvalue weighted by Gasteiger charge is 2.32. The van der Waals surface area contributed by atoms with Crippen molar-refractivity contribution in [3.05, 3.63) is 34.9 Å². The Morgan fingerprint density at radius 3 is 2.78 bits per heavy atom. The van der Waals surface area contributed by atoms with Crippen molar-refractivity contribution in [2.45, 2.75) is 39.8 Å². The monoisotopic (exact) mass is 340 g/mol. The number of morpholine rings is 1. The molecule has 3 atom stereocenters. The summed E-state index contributed by atoms with van der Waals surface area (Å²) in [6.07, 6.45) is -0.0261. The quantitative estimate of drug-likeness (QED) is 0.916. The van der Waals surface area contributed by atoms with E-state index < -0.39 is 0 Å². The Morgan fingerprint density at radius 2 is 2.13 bits per heavy atom. The van der Waals surface area contributed by atoms with Crippen molar-refractivity contribution in [2.75, 3.05) is 26.7 Å². The van der Waals surface area contributed by atoms with Gasteiger partial charge in [0, 0.05) is 12.5 Å². The molecule has 1 amide bonds. The molecule has 4 nitrogen and oxygen atoms in total. The van der Waals surface area contributed by atoms with Gasteiger partial charge in [-0.1, -0.05) is 30.7 Å². The highest BCUT2D eigenvalue weighted by molar-refractivity contribution is 5.85. The second-order valence-corrected chi connectivity index (χ2v) is 6.48. The maximum Gasteiger partial charge on any atom is 0.227 e. The average Bonchev–Trinajstić information content (AvgIpc) is 2.50. The van der Waals surface area contributed by atoms with Gasteiger partial charge in [0.05, 0.1) is 19.2 Å². The maximum absolute atomic E-state index is 12.7. The van der Waals surface area contributed by atoms with Crippen LogP contribution in [-0.4, -0.2) is 43.6 Å². The third kappa shape index (κ3) is 4.69. The first-order valence-electron chi connectivity index (χ1n) is 8.07. The van der Waals surface area contributed by atoms with Crippen molar-refractivity contribution in [2.24, 2.45) is 5.92 Å². The minimum absolute atomic E-state index is 0. The van der Waals surface area contributed by atoms with Crippen LogP contribution in [0.15, 0.2) is 18.2 Å². The lowest BCUT2D eigenvalue weighted by molar-refractivity contribution is -0.148. The van der Waals surface area contributed by atoms with Crippen LogP contribution in [-0.2, 0) is 9.53 Å². The smallest absolute Gasteiger partial charge is 0.227 e. The maximum atomic E-state index is 12.7. The predicted octanol–water partition coefficient (Wildman–Crippen LogP) is 2.87. The van der Waals surface area contributed by atoms with Gasteiger partial charge in [-0.3, -0.25) is 4.79 Å². The Labute approximate surface area is 146 Å². The Kier molecular flexibility index (Phi) is 7.52. The molecular weight excluding hydrogens is 312 g/mol. The molecule has 0 spiro atoms. The lowest BCUT2D eigenvalue weighted by Gasteiger charge is -2.40. The number of rotatable bonds is 4. The molecule has 130 valence electrons. The van der Waals surface area contributed by atoms with E-state index >= 15 is 0 Å². The molecule has 1 saturated heterocycles. The number of amides is 1. The zero-order chi connectivity index (χ0) is 16.3. The van der Waals surface area contributed by atoms with Gasteiger partial charge in [-0.15, -0.1) is 12.4 Å². The summed E-state index contributed by atoms with van der Waals surface area (Å²) in [7, 11) is 1.88. The average molecular weight is 341 g/mol. The number of halogens is 1. The van der Waals surface area contributed by atoms with E-state index in [1.165, 1.54) is 16.7 Å². The van der Waals surface area contributed by atoms with Crippen molar-refractivity contribution >= 4 is 18.3 Å². The van der Waals surface area contributed by atoms with Crippen LogP contribution < -0.4 is 5.32 Å². The first-order chi connectivity index (χ1) is 10.4. The molecule has 0 bridgehead atoms. The van der Waals surface area contributed by atoms with Crippen LogP contribution in [0.2, 0.25) is 0 Å². The van der Waals surface area contributed by atoms with Crippen LogP contribution >= 0.6 is 12.4 Å². The van der Waals surface area contributed by atoms with Gasteiger partial charge in [-0.25, -0.2) is 0 Å². The van der Waals surface area contributed by atoms with Crippen LogP contribution in [0.3, 0.4) is 0 Å². The summed E-state index contributed by atoms with van der Waals surface area (Å²) in [5.74, 6) is 0.199. The highest BCUT2D eigenvalue weighted by atomic mass is 35.5. The number of nitrogens with one attached hydrogen (secondary N) is 1. The summed E-state index contributed by atoms with van der Waals surface area (Å²) in [4.78, 5) is 14.6. The third-order valence-corrected chi connectivity index (χ3v) is 4.43. The molecule has 1 aromatic carbocycles. The predicted molar refractivity (Wildman–Crippen MR) is 96.1 cm³/mol. The molecule has 1 aliphatic rings. The van der Waals surface area contributed by atoms with E-state index in [2.05, 4.69) is 44.3 Å². The summed E-state index contributed by atoms with van der Waals surface area (Å²) in [5.41, 5.74) is 3.65. The zero-order valence-electron chi connectivity index (χ0n) is 14.8. The molecule has 3 unspecified atom stereocenters. The van der Waals surface area contributed by atoms with E-state index in [-0.39, 0.29) is 36.4 Å². The van der Waals surface area contributed by atoms with E-state index in [0.29, 0.717) is 19.7 Å².